The van der Waals surface area contributed by atoms with E-state index in [0.29, 0.717) is 47.5 Å². The second kappa shape index (κ2) is 10.4. The van der Waals surface area contributed by atoms with Crippen molar-refractivity contribution >= 4 is 46.6 Å². The molecule has 0 spiro atoms. The SMILES string of the molecule is CCOC(=O)C1=C(C)N=c2s/c(=C\c3c(Cl)cccc3Cl)c(=O)n2[C@@H]1c1ccccc1OC(C)C. The number of esters is 1. The van der Waals surface area contributed by atoms with Crippen LogP contribution >= 0.6 is 34.5 Å². The van der Waals surface area contributed by atoms with Gasteiger partial charge in [0.25, 0.3) is 5.56 Å². The average Bonchev–Trinajstić information content (AvgIpc) is 3.10. The number of hydrogen-bond donors (Lipinski definition) is 0. The molecular formula is C26H24Cl2N2O4S. The Morgan fingerprint density at radius 2 is 1.86 bits per heavy atom. The number of rotatable bonds is 6. The fraction of sp³-hybridized carbons (Fsp3) is 0.269. The summed E-state index contributed by atoms with van der Waals surface area (Å²) in [5.41, 5.74) is 1.67. The third-order valence-corrected chi connectivity index (χ3v) is 7.01. The smallest absolute Gasteiger partial charge is 0.338 e. The van der Waals surface area contributed by atoms with Gasteiger partial charge in [-0.05, 0) is 52.0 Å². The Bertz CT molecular complexity index is 1480. The zero-order valence-electron chi connectivity index (χ0n) is 19.7. The lowest BCUT2D eigenvalue weighted by Gasteiger charge is -2.26. The number of nitrogens with zero attached hydrogens (tertiary/aromatic N) is 2. The molecule has 3 aromatic rings. The summed E-state index contributed by atoms with van der Waals surface area (Å²) in [6, 6.07) is 11.8. The molecule has 0 unspecified atom stereocenters. The monoisotopic (exact) mass is 530 g/mol. The fourth-order valence-corrected chi connectivity index (χ4v) is 5.47. The van der Waals surface area contributed by atoms with Crippen LogP contribution in [0.25, 0.3) is 6.08 Å². The Balaban J connectivity index is 2.02. The molecule has 1 aliphatic rings. The Hall–Kier alpha value is -2.87. The molecule has 2 aromatic carbocycles. The molecular weight excluding hydrogens is 507 g/mol. The minimum atomic E-state index is -0.774. The van der Waals surface area contributed by atoms with E-state index in [0.717, 1.165) is 0 Å². The second-order valence-electron chi connectivity index (χ2n) is 8.14. The number of para-hydroxylation sites is 1. The number of hydrogen-bond acceptors (Lipinski definition) is 6. The van der Waals surface area contributed by atoms with Crippen molar-refractivity contribution in [3.63, 3.8) is 0 Å². The normalized spacial score (nSPS) is 15.7. The molecule has 0 amide bonds. The Morgan fingerprint density at radius 3 is 2.51 bits per heavy atom. The number of ether oxygens (including phenoxy) is 2. The van der Waals surface area contributed by atoms with E-state index in [1.165, 1.54) is 15.9 Å². The predicted molar refractivity (Wildman–Crippen MR) is 139 cm³/mol. The maximum absolute atomic E-state index is 13.8. The van der Waals surface area contributed by atoms with Gasteiger partial charge >= 0.3 is 5.97 Å². The fourth-order valence-electron chi connectivity index (χ4n) is 3.93. The first-order valence-corrected chi connectivity index (χ1v) is 12.7. The molecule has 0 radical (unpaired) electrons. The van der Waals surface area contributed by atoms with Gasteiger partial charge in [-0.25, -0.2) is 9.79 Å². The van der Waals surface area contributed by atoms with E-state index in [9.17, 15) is 9.59 Å². The van der Waals surface area contributed by atoms with Crippen LogP contribution in [0.15, 0.2) is 63.5 Å². The van der Waals surface area contributed by atoms with Crippen LogP contribution in [-0.4, -0.2) is 23.2 Å². The molecule has 1 aromatic heterocycles. The summed E-state index contributed by atoms with van der Waals surface area (Å²) in [7, 11) is 0. The molecule has 2 heterocycles. The van der Waals surface area contributed by atoms with E-state index in [1.807, 2.05) is 38.1 Å². The number of fused-ring (bicyclic) bond motifs is 1. The van der Waals surface area contributed by atoms with Crippen LogP contribution in [0.4, 0.5) is 0 Å². The summed E-state index contributed by atoms with van der Waals surface area (Å²) >= 11 is 13.9. The van der Waals surface area contributed by atoms with Crippen LogP contribution in [0.3, 0.4) is 0 Å². The summed E-state index contributed by atoms with van der Waals surface area (Å²) in [5, 5.41) is 0.859. The van der Waals surface area contributed by atoms with Crippen molar-refractivity contribution in [2.24, 2.45) is 4.99 Å². The molecule has 0 saturated carbocycles. The molecule has 0 N–H and O–H groups in total. The molecule has 6 nitrogen and oxygen atoms in total. The van der Waals surface area contributed by atoms with Gasteiger partial charge in [-0.15, -0.1) is 0 Å². The second-order valence-corrected chi connectivity index (χ2v) is 9.97. The van der Waals surface area contributed by atoms with E-state index in [-0.39, 0.29) is 18.3 Å². The number of carbonyl (C=O) groups is 1. The van der Waals surface area contributed by atoms with Crippen LogP contribution in [0.5, 0.6) is 5.75 Å². The number of benzene rings is 2. The van der Waals surface area contributed by atoms with Gasteiger partial charge in [0.2, 0.25) is 0 Å². The number of carbonyl (C=O) groups excluding carboxylic acids is 1. The van der Waals surface area contributed by atoms with Crippen LogP contribution in [0, 0.1) is 0 Å². The van der Waals surface area contributed by atoms with E-state index >= 15 is 0 Å². The number of allylic oxidation sites excluding steroid dienone is 1. The van der Waals surface area contributed by atoms with Crippen molar-refractivity contribution in [2.75, 3.05) is 6.61 Å². The minimum absolute atomic E-state index is 0.106. The molecule has 182 valence electrons. The van der Waals surface area contributed by atoms with Crippen molar-refractivity contribution in [1.82, 2.24) is 4.57 Å². The highest BCUT2D eigenvalue weighted by Gasteiger charge is 2.35. The van der Waals surface area contributed by atoms with E-state index in [2.05, 4.69) is 4.99 Å². The summed E-state index contributed by atoms with van der Waals surface area (Å²) in [4.78, 5) is 31.9. The molecule has 1 atom stereocenters. The van der Waals surface area contributed by atoms with E-state index in [1.54, 1.807) is 38.1 Å². The van der Waals surface area contributed by atoms with Crippen molar-refractivity contribution < 1.29 is 14.3 Å². The third-order valence-electron chi connectivity index (χ3n) is 5.37. The summed E-state index contributed by atoms with van der Waals surface area (Å²) < 4.78 is 13.3. The molecule has 0 bridgehead atoms. The quantitative estimate of drug-likeness (QED) is 0.425. The minimum Gasteiger partial charge on any atom is -0.491 e. The van der Waals surface area contributed by atoms with Gasteiger partial charge in [-0.2, -0.15) is 0 Å². The molecule has 0 fully saturated rings. The summed E-state index contributed by atoms with van der Waals surface area (Å²) in [6.45, 7) is 7.52. The van der Waals surface area contributed by atoms with Crippen LogP contribution in [-0.2, 0) is 9.53 Å². The maximum Gasteiger partial charge on any atom is 0.338 e. The summed E-state index contributed by atoms with van der Waals surface area (Å²) in [6.07, 6.45) is 1.55. The van der Waals surface area contributed by atoms with E-state index in [4.69, 9.17) is 32.7 Å². The van der Waals surface area contributed by atoms with Gasteiger partial charge in [-0.1, -0.05) is 58.8 Å². The van der Waals surface area contributed by atoms with Gasteiger partial charge < -0.3 is 9.47 Å². The standard InChI is InChI=1S/C26H24Cl2N2O4S/c1-5-33-25(32)22-15(4)29-26-30(23(22)16-9-6-7-12-20(16)34-14(2)3)24(31)21(35-26)13-17-18(27)10-8-11-19(17)28/h6-14,23H,5H2,1-4H3/b21-13-/t23-/m1/s1. The van der Waals surface area contributed by atoms with Crippen LogP contribution in [0.1, 0.15) is 44.9 Å². The summed E-state index contributed by atoms with van der Waals surface area (Å²) in [5.74, 6) is 0.0502. The van der Waals surface area contributed by atoms with Crippen molar-refractivity contribution in [3.8, 4) is 5.75 Å². The lowest BCUT2D eigenvalue weighted by Crippen LogP contribution is -2.40. The highest BCUT2D eigenvalue weighted by atomic mass is 35.5. The molecule has 4 rings (SSSR count). The highest BCUT2D eigenvalue weighted by molar-refractivity contribution is 7.07. The van der Waals surface area contributed by atoms with Gasteiger partial charge in [0.15, 0.2) is 4.80 Å². The first-order chi connectivity index (χ1) is 16.7. The lowest BCUT2D eigenvalue weighted by molar-refractivity contribution is -0.139. The largest absolute Gasteiger partial charge is 0.491 e. The molecule has 9 heteroatoms. The molecule has 1 aliphatic heterocycles. The first kappa shape index (κ1) is 25.2. The van der Waals surface area contributed by atoms with Gasteiger partial charge in [0, 0.05) is 21.2 Å². The molecule has 35 heavy (non-hydrogen) atoms. The average molecular weight is 531 g/mol. The highest BCUT2D eigenvalue weighted by Crippen LogP contribution is 2.36. The van der Waals surface area contributed by atoms with Crippen LogP contribution in [0.2, 0.25) is 10.0 Å². The van der Waals surface area contributed by atoms with E-state index < -0.39 is 12.0 Å². The molecule has 0 aliphatic carbocycles. The van der Waals surface area contributed by atoms with Gasteiger partial charge in [-0.3, -0.25) is 9.36 Å². The van der Waals surface area contributed by atoms with Gasteiger partial charge in [0.1, 0.15) is 11.8 Å². The number of thiazole rings is 1. The Morgan fingerprint density at radius 1 is 1.17 bits per heavy atom. The Labute approximate surface area is 216 Å². The number of halogens is 2. The van der Waals surface area contributed by atoms with Crippen molar-refractivity contribution in [3.05, 3.63) is 94.6 Å². The maximum atomic E-state index is 13.8. The third kappa shape index (κ3) is 4.94. The predicted octanol–water partition coefficient (Wildman–Crippen LogP) is 4.89. The molecule has 0 saturated heterocycles. The van der Waals surface area contributed by atoms with Crippen LogP contribution < -0.4 is 19.6 Å². The first-order valence-electron chi connectivity index (χ1n) is 11.1. The topological polar surface area (TPSA) is 69.9 Å². The van der Waals surface area contributed by atoms with Crippen molar-refractivity contribution in [1.29, 1.82) is 0 Å². The lowest BCUT2D eigenvalue weighted by atomic mass is 9.95. The number of aromatic nitrogens is 1. The zero-order chi connectivity index (χ0) is 25.3. The van der Waals surface area contributed by atoms with Gasteiger partial charge in [0.05, 0.1) is 28.5 Å². The zero-order valence-corrected chi connectivity index (χ0v) is 22.0. The van der Waals surface area contributed by atoms with Crippen molar-refractivity contribution in [2.45, 2.75) is 39.8 Å². The Kier molecular flexibility index (Phi) is 7.50.